The molecule has 0 aromatic carbocycles. The van der Waals surface area contributed by atoms with E-state index in [-0.39, 0.29) is 11.8 Å². The zero-order valence-corrected chi connectivity index (χ0v) is 13.7. The van der Waals surface area contributed by atoms with Crippen LogP contribution in [0.3, 0.4) is 0 Å². The molecule has 0 bridgehead atoms. The van der Waals surface area contributed by atoms with Crippen LogP contribution in [0, 0.1) is 11.3 Å². The Morgan fingerprint density at radius 2 is 1.73 bits per heavy atom. The second-order valence-corrected chi connectivity index (χ2v) is 7.60. The molecule has 1 saturated carbocycles. The fraction of sp³-hybridized carbons (Fsp3) is 0.875. The number of nitrogens with zero attached hydrogens (tertiary/aromatic N) is 2. The zero-order chi connectivity index (χ0) is 16.0. The van der Waals surface area contributed by atoms with Gasteiger partial charge in [0, 0.05) is 32.1 Å². The predicted octanol–water partition coefficient (Wildman–Crippen LogP) is -0.216. The molecule has 1 spiro atoms. The van der Waals surface area contributed by atoms with E-state index < -0.39 is 5.54 Å². The molecular weight excluding hydrogens is 280 g/mol. The zero-order valence-electron chi connectivity index (χ0n) is 13.7. The molecule has 6 nitrogen and oxygen atoms in total. The third kappa shape index (κ3) is 2.63. The van der Waals surface area contributed by atoms with Crippen molar-refractivity contribution in [2.45, 2.75) is 38.6 Å². The molecule has 22 heavy (non-hydrogen) atoms. The molecule has 1 unspecified atom stereocenters. The average Bonchev–Trinajstić information content (AvgIpc) is 3.20. The Kier molecular flexibility index (Phi) is 3.93. The highest BCUT2D eigenvalue weighted by molar-refractivity contribution is 5.84. The summed E-state index contributed by atoms with van der Waals surface area (Å²) >= 11 is 0. The number of nitrogens with two attached hydrogens (primary N) is 1. The first-order valence-corrected chi connectivity index (χ1v) is 8.41. The van der Waals surface area contributed by atoms with Gasteiger partial charge in [-0.3, -0.25) is 14.5 Å². The molecule has 3 N–H and O–H groups in total. The van der Waals surface area contributed by atoms with Crippen LogP contribution >= 0.6 is 0 Å². The van der Waals surface area contributed by atoms with Gasteiger partial charge in [0.15, 0.2) is 0 Å². The van der Waals surface area contributed by atoms with E-state index in [1.807, 2.05) is 18.7 Å². The van der Waals surface area contributed by atoms with Crippen molar-refractivity contribution in [1.82, 2.24) is 15.1 Å². The van der Waals surface area contributed by atoms with E-state index in [9.17, 15) is 9.59 Å². The standard InChI is InChI=1S/C16H28N4O2/c1-15(2,14(17)22)20-9-7-19(8-10-20)13(21)12-11-16(12)3-5-18-6-4-16/h12,18H,3-11H2,1-2H3,(H2,17,22). The lowest BCUT2D eigenvalue weighted by atomic mass is 9.91. The van der Waals surface area contributed by atoms with E-state index in [1.165, 1.54) is 0 Å². The minimum Gasteiger partial charge on any atom is -0.368 e. The van der Waals surface area contributed by atoms with Crippen LogP contribution in [0.25, 0.3) is 0 Å². The largest absolute Gasteiger partial charge is 0.368 e. The molecule has 1 aliphatic carbocycles. The fourth-order valence-electron chi connectivity index (χ4n) is 4.04. The summed E-state index contributed by atoms with van der Waals surface area (Å²) in [5, 5.41) is 3.38. The van der Waals surface area contributed by atoms with Crippen molar-refractivity contribution in [3.05, 3.63) is 0 Å². The van der Waals surface area contributed by atoms with E-state index in [1.54, 1.807) is 0 Å². The Hall–Kier alpha value is -1.14. The maximum atomic E-state index is 12.7. The van der Waals surface area contributed by atoms with Gasteiger partial charge in [-0.1, -0.05) is 0 Å². The number of carbonyl (C=O) groups excluding carboxylic acids is 2. The summed E-state index contributed by atoms with van der Waals surface area (Å²) in [5.41, 5.74) is 5.14. The molecular formula is C16H28N4O2. The number of hydrogen-bond acceptors (Lipinski definition) is 4. The SMILES string of the molecule is CC(C)(C(N)=O)N1CCN(C(=O)C2CC23CCNCC3)CC1. The first-order valence-electron chi connectivity index (χ1n) is 8.41. The Morgan fingerprint density at radius 1 is 1.14 bits per heavy atom. The minimum absolute atomic E-state index is 0.241. The lowest BCUT2D eigenvalue weighted by Crippen LogP contribution is -2.60. The van der Waals surface area contributed by atoms with Crippen molar-refractivity contribution in [2.24, 2.45) is 17.1 Å². The molecule has 0 aromatic heterocycles. The van der Waals surface area contributed by atoms with Crippen LogP contribution in [-0.4, -0.2) is 66.4 Å². The van der Waals surface area contributed by atoms with Crippen LogP contribution in [0.2, 0.25) is 0 Å². The minimum atomic E-state index is -0.634. The van der Waals surface area contributed by atoms with E-state index in [4.69, 9.17) is 5.73 Å². The molecule has 2 heterocycles. The van der Waals surface area contributed by atoms with Gasteiger partial charge in [0.25, 0.3) is 0 Å². The molecule has 3 aliphatic rings. The summed E-state index contributed by atoms with van der Waals surface area (Å²) in [6.07, 6.45) is 3.34. The lowest BCUT2D eigenvalue weighted by Gasteiger charge is -2.42. The molecule has 0 aromatic rings. The number of piperazine rings is 1. The summed E-state index contributed by atoms with van der Waals surface area (Å²) in [6.45, 7) is 8.68. The number of amides is 2. The van der Waals surface area contributed by atoms with Gasteiger partial charge in [0.1, 0.15) is 0 Å². The smallest absolute Gasteiger partial charge is 0.237 e. The van der Waals surface area contributed by atoms with Crippen LogP contribution < -0.4 is 11.1 Å². The van der Waals surface area contributed by atoms with Crippen LogP contribution in [0.4, 0.5) is 0 Å². The molecule has 3 fully saturated rings. The normalized spacial score (nSPS) is 28.6. The van der Waals surface area contributed by atoms with Gasteiger partial charge in [-0.2, -0.15) is 0 Å². The summed E-state index contributed by atoms with van der Waals surface area (Å²) < 4.78 is 0. The topological polar surface area (TPSA) is 78.7 Å². The van der Waals surface area contributed by atoms with Crippen LogP contribution in [0.5, 0.6) is 0 Å². The molecule has 1 atom stereocenters. The van der Waals surface area contributed by atoms with Gasteiger partial charge in [0.2, 0.25) is 11.8 Å². The van der Waals surface area contributed by atoms with Gasteiger partial charge in [-0.15, -0.1) is 0 Å². The van der Waals surface area contributed by atoms with Gasteiger partial charge in [0.05, 0.1) is 5.54 Å². The highest BCUT2D eigenvalue weighted by Gasteiger charge is 2.58. The second kappa shape index (κ2) is 5.49. The van der Waals surface area contributed by atoms with Crippen molar-refractivity contribution >= 4 is 11.8 Å². The molecule has 2 saturated heterocycles. The monoisotopic (exact) mass is 308 g/mol. The highest BCUT2D eigenvalue weighted by atomic mass is 16.2. The van der Waals surface area contributed by atoms with E-state index >= 15 is 0 Å². The quantitative estimate of drug-likeness (QED) is 0.756. The summed E-state index contributed by atoms with van der Waals surface area (Å²) in [7, 11) is 0. The Balaban J connectivity index is 1.54. The van der Waals surface area contributed by atoms with Crippen molar-refractivity contribution < 1.29 is 9.59 Å². The Labute approximate surface area is 132 Å². The number of rotatable bonds is 3. The second-order valence-electron chi connectivity index (χ2n) is 7.60. The van der Waals surface area contributed by atoms with E-state index in [2.05, 4.69) is 10.2 Å². The third-order valence-corrected chi connectivity index (χ3v) is 6.07. The molecule has 0 radical (unpaired) electrons. The fourth-order valence-corrected chi connectivity index (χ4v) is 4.04. The molecule has 2 aliphatic heterocycles. The summed E-state index contributed by atoms with van der Waals surface area (Å²) in [6, 6.07) is 0. The third-order valence-electron chi connectivity index (χ3n) is 6.07. The van der Waals surface area contributed by atoms with Gasteiger partial charge in [-0.25, -0.2) is 0 Å². The number of hydrogen-bond donors (Lipinski definition) is 2. The number of carbonyl (C=O) groups is 2. The average molecular weight is 308 g/mol. The maximum Gasteiger partial charge on any atom is 0.237 e. The molecule has 3 rings (SSSR count). The number of primary amides is 1. The summed E-state index contributed by atoms with van der Waals surface area (Å²) in [4.78, 5) is 28.4. The van der Waals surface area contributed by atoms with Gasteiger partial charge < -0.3 is 16.0 Å². The van der Waals surface area contributed by atoms with Gasteiger partial charge in [-0.05, 0) is 51.6 Å². The van der Waals surface area contributed by atoms with Crippen molar-refractivity contribution in [1.29, 1.82) is 0 Å². The van der Waals surface area contributed by atoms with E-state index in [0.717, 1.165) is 45.4 Å². The first-order chi connectivity index (χ1) is 10.4. The summed E-state index contributed by atoms with van der Waals surface area (Å²) in [5.74, 6) is 0.270. The molecule has 2 amide bonds. The molecule has 6 heteroatoms. The Bertz CT molecular complexity index is 463. The van der Waals surface area contributed by atoms with Crippen molar-refractivity contribution in [3.63, 3.8) is 0 Å². The lowest BCUT2D eigenvalue weighted by molar-refractivity contribution is -0.138. The van der Waals surface area contributed by atoms with Crippen LogP contribution in [0.1, 0.15) is 33.1 Å². The van der Waals surface area contributed by atoms with Crippen molar-refractivity contribution in [3.8, 4) is 0 Å². The first kappa shape index (κ1) is 15.7. The van der Waals surface area contributed by atoms with Crippen LogP contribution in [0.15, 0.2) is 0 Å². The Morgan fingerprint density at radius 3 is 2.27 bits per heavy atom. The van der Waals surface area contributed by atoms with Gasteiger partial charge >= 0.3 is 0 Å². The van der Waals surface area contributed by atoms with Crippen molar-refractivity contribution in [2.75, 3.05) is 39.3 Å². The maximum absolute atomic E-state index is 12.7. The number of piperidine rings is 1. The highest BCUT2D eigenvalue weighted by Crippen LogP contribution is 2.59. The number of nitrogens with one attached hydrogen (secondary N) is 1. The van der Waals surface area contributed by atoms with Crippen LogP contribution in [-0.2, 0) is 9.59 Å². The van der Waals surface area contributed by atoms with E-state index in [0.29, 0.717) is 24.4 Å². The molecule has 124 valence electrons. The predicted molar refractivity (Wildman–Crippen MR) is 84.1 cm³/mol.